The number of amides is 2. The molecule has 1 aromatic carbocycles. The topological polar surface area (TPSA) is 166 Å². The first kappa shape index (κ1) is 34.6. The van der Waals surface area contributed by atoms with Crippen molar-refractivity contribution in [2.24, 2.45) is 0 Å². The number of carbonyl (C=O) groups is 2. The lowest BCUT2D eigenvalue weighted by Gasteiger charge is -2.28. The molecular weight excluding hydrogens is 697 g/mol. The predicted molar refractivity (Wildman–Crippen MR) is 175 cm³/mol. The Morgan fingerprint density at radius 2 is 2.00 bits per heavy atom. The van der Waals surface area contributed by atoms with E-state index in [1.807, 2.05) is 6.08 Å². The average Bonchev–Trinajstić information content (AvgIpc) is 3.59. The van der Waals surface area contributed by atoms with Gasteiger partial charge >= 0.3 is 6.18 Å². The molecule has 4 aromatic rings. The number of anilines is 1. The largest absolute Gasteiger partial charge is 0.504 e. The molecule has 3 aromatic heterocycles. The standard InChI is InChI=1S/C33H32ClF3N8O6/c1-17-27(47)25(39-16-38-17)30(49)43-10-3-8-32(9-11-43)24-26(18(2)51-32)44(15-23(46)40-22-5-4-20(14-21(22)34)33(35,36)37)31-41-28(42-45(31)29(24)48)19-6-12-50-13-7-19/h4-6,14,16,18,47H,3,7-13,15H2,1-2H3,(H,40,46)/t18-,32-/m0/s1. The number of nitrogens with one attached hydrogen (secondary N) is 1. The molecule has 2 atom stereocenters. The number of rotatable bonds is 5. The molecule has 1 spiro atoms. The van der Waals surface area contributed by atoms with Crippen molar-refractivity contribution in [3.05, 3.63) is 80.0 Å². The number of fused-ring (bicyclic) bond motifs is 3. The van der Waals surface area contributed by atoms with Crippen molar-refractivity contribution in [1.29, 1.82) is 0 Å². The normalized spacial score (nSPS) is 20.7. The van der Waals surface area contributed by atoms with Gasteiger partial charge in [-0.3, -0.25) is 14.4 Å². The summed E-state index contributed by atoms with van der Waals surface area (Å²) in [6.07, 6.45) is -0.808. The Bertz CT molecular complexity index is 2170. The van der Waals surface area contributed by atoms with Gasteiger partial charge in [-0.1, -0.05) is 17.7 Å². The van der Waals surface area contributed by atoms with E-state index < -0.39 is 47.4 Å². The van der Waals surface area contributed by atoms with E-state index in [0.29, 0.717) is 50.5 Å². The number of likely N-dealkylation sites (tertiary alicyclic amines) is 1. The summed E-state index contributed by atoms with van der Waals surface area (Å²) in [6, 6.07) is 2.62. The van der Waals surface area contributed by atoms with E-state index in [0.717, 1.165) is 28.3 Å². The van der Waals surface area contributed by atoms with Crippen molar-refractivity contribution < 1.29 is 37.3 Å². The summed E-state index contributed by atoms with van der Waals surface area (Å²) in [7, 11) is 0. The van der Waals surface area contributed by atoms with E-state index in [9.17, 15) is 32.7 Å². The van der Waals surface area contributed by atoms with Crippen LogP contribution in [0.15, 0.2) is 35.4 Å². The molecule has 3 aliphatic heterocycles. The van der Waals surface area contributed by atoms with Gasteiger partial charge in [-0.05, 0) is 63.3 Å². The van der Waals surface area contributed by atoms with Crippen LogP contribution in [-0.2, 0) is 32.6 Å². The molecule has 18 heteroatoms. The van der Waals surface area contributed by atoms with E-state index >= 15 is 0 Å². The first-order valence-electron chi connectivity index (χ1n) is 16.2. The number of carbonyl (C=O) groups excluding carboxylic acids is 2. The van der Waals surface area contributed by atoms with Gasteiger partial charge in [-0.25, -0.2) is 9.97 Å². The highest BCUT2D eigenvalue weighted by Gasteiger charge is 2.49. The summed E-state index contributed by atoms with van der Waals surface area (Å²) in [5.74, 6) is -1.08. The van der Waals surface area contributed by atoms with Gasteiger partial charge in [0.05, 0.1) is 52.5 Å². The molecule has 3 aliphatic rings. The van der Waals surface area contributed by atoms with Gasteiger partial charge in [-0.15, -0.1) is 5.10 Å². The number of benzene rings is 1. The van der Waals surface area contributed by atoms with Crippen molar-refractivity contribution in [2.45, 2.75) is 64.0 Å². The van der Waals surface area contributed by atoms with Crippen LogP contribution in [0.3, 0.4) is 0 Å². The smallest absolute Gasteiger partial charge is 0.416 e. The molecule has 7 rings (SSSR count). The number of hydrogen-bond donors (Lipinski definition) is 2. The average molecular weight is 729 g/mol. The summed E-state index contributed by atoms with van der Waals surface area (Å²) >= 11 is 6.13. The van der Waals surface area contributed by atoms with Crippen molar-refractivity contribution >= 4 is 40.5 Å². The monoisotopic (exact) mass is 728 g/mol. The van der Waals surface area contributed by atoms with E-state index in [1.54, 1.807) is 18.7 Å². The molecule has 0 aliphatic carbocycles. The second kappa shape index (κ2) is 13.0. The Balaban J connectivity index is 1.28. The van der Waals surface area contributed by atoms with Crippen molar-refractivity contribution in [1.82, 2.24) is 34.0 Å². The number of hydrogen-bond acceptors (Lipinski definition) is 10. The van der Waals surface area contributed by atoms with Crippen LogP contribution in [0.5, 0.6) is 5.75 Å². The quantitative estimate of drug-likeness (QED) is 0.300. The third-order valence-corrected chi connectivity index (χ3v) is 9.75. The molecule has 2 amide bonds. The maximum Gasteiger partial charge on any atom is 0.416 e. The first-order valence-corrected chi connectivity index (χ1v) is 16.6. The molecule has 14 nitrogen and oxygen atoms in total. The van der Waals surface area contributed by atoms with Crippen LogP contribution < -0.4 is 10.9 Å². The van der Waals surface area contributed by atoms with Gasteiger partial charge in [0.2, 0.25) is 11.7 Å². The first-order chi connectivity index (χ1) is 24.3. The molecule has 0 saturated carbocycles. The molecule has 1 saturated heterocycles. The Morgan fingerprint density at radius 3 is 2.73 bits per heavy atom. The lowest BCUT2D eigenvalue weighted by molar-refractivity contribution is -0.137. The van der Waals surface area contributed by atoms with E-state index in [-0.39, 0.29) is 52.2 Å². The Labute approximate surface area is 292 Å². The summed E-state index contributed by atoms with van der Waals surface area (Å²) in [4.78, 5) is 55.6. The van der Waals surface area contributed by atoms with Crippen LogP contribution in [0.4, 0.5) is 18.9 Å². The zero-order chi connectivity index (χ0) is 36.2. The molecule has 1 fully saturated rings. The number of ether oxygens (including phenoxy) is 2. The van der Waals surface area contributed by atoms with Gasteiger partial charge in [0.15, 0.2) is 17.3 Å². The van der Waals surface area contributed by atoms with Gasteiger partial charge in [-0.2, -0.15) is 22.7 Å². The van der Waals surface area contributed by atoms with Crippen LogP contribution in [0, 0.1) is 6.92 Å². The summed E-state index contributed by atoms with van der Waals surface area (Å²) in [5, 5.41) is 17.3. The van der Waals surface area contributed by atoms with Crippen molar-refractivity contribution in [3.8, 4) is 5.75 Å². The van der Waals surface area contributed by atoms with E-state index in [1.165, 1.54) is 10.9 Å². The summed E-state index contributed by atoms with van der Waals surface area (Å²) < 4.78 is 54.4. The van der Waals surface area contributed by atoms with E-state index in [2.05, 4.69) is 25.4 Å². The van der Waals surface area contributed by atoms with E-state index in [4.69, 9.17) is 21.1 Å². The molecule has 51 heavy (non-hydrogen) atoms. The molecule has 0 bridgehead atoms. The molecule has 268 valence electrons. The molecule has 0 unspecified atom stereocenters. The molecule has 0 radical (unpaired) electrons. The van der Waals surface area contributed by atoms with Crippen LogP contribution in [0.1, 0.15) is 77.5 Å². The maximum atomic E-state index is 14.4. The molecule has 6 heterocycles. The summed E-state index contributed by atoms with van der Waals surface area (Å²) in [5.41, 5.74) is -1.08. The van der Waals surface area contributed by atoms with Gasteiger partial charge in [0, 0.05) is 13.1 Å². The van der Waals surface area contributed by atoms with Gasteiger partial charge in [0.1, 0.15) is 18.5 Å². The second-order valence-corrected chi connectivity index (χ2v) is 13.1. The van der Waals surface area contributed by atoms with Crippen LogP contribution >= 0.6 is 11.6 Å². The zero-order valence-corrected chi connectivity index (χ0v) is 28.2. The SMILES string of the molecule is Cc1ncnc(C(=O)N2CCC[C@@]3(CC2)O[C@@H](C)c2c3c(=O)n3nc(C4=CCOCC4)nc3n2CC(=O)Nc2ccc(C(F)(F)F)cc2Cl)c1O. The minimum absolute atomic E-state index is 0.0305. The highest BCUT2D eigenvalue weighted by Crippen LogP contribution is 2.48. The predicted octanol–water partition coefficient (Wildman–Crippen LogP) is 4.42. The van der Waals surface area contributed by atoms with Crippen molar-refractivity contribution in [2.75, 3.05) is 31.6 Å². The summed E-state index contributed by atoms with van der Waals surface area (Å²) in [6.45, 7) is 4.14. The zero-order valence-electron chi connectivity index (χ0n) is 27.5. The number of halogens is 4. The number of nitrogens with zero attached hydrogens (tertiary/aromatic N) is 7. The second-order valence-electron chi connectivity index (χ2n) is 12.7. The van der Waals surface area contributed by atoms with Crippen LogP contribution in [0.25, 0.3) is 11.4 Å². The van der Waals surface area contributed by atoms with Gasteiger partial charge in [0.25, 0.3) is 11.5 Å². The minimum Gasteiger partial charge on any atom is -0.504 e. The lowest BCUT2D eigenvalue weighted by atomic mass is 9.87. The number of alkyl halides is 3. The highest BCUT2D eigenvalue weighted by molar-refractivity contribution is 6.33. The van der Waals surface area contributed by atoms with Crippen molar-refractivity contribution in [3.63, 3.8) is 0 Å². The molecular formula is C33H32ClF3N8O6. The Kier molecular flexibility index (Phi) is 8.83. The highest BCUT2D eigenvalue weighted by atomic mass is 35.5. The third kappa shape index (κ3) is 6.22. The fourth-order valence-corrected chi connectivity index (χ4v) is 7.20. The number of aryl methyl sites for hydroxylation is 1. The maximum absolute atomic E-state index is 14.4. The lowest BCUT2D eigenvalue weighted by Crippen LogP contribution is -2.37. The number of aromatic nitrogens is 6. The third-order valence-electron chi connectivity index (χ3n) is 9.44. The fourth-order valence-electron chi connectivity index (χ4n) is 6.98. The molecule has 2 N–H and O–H groups in total. The van der Waals surface area contributed by atoms with Gasteiger partial charge < -0.3 is 29.4 Å². The number of aromatic hydroxyl groups is 1. The van der Waals surface area contributed by atoms with Crippen LogP contribution in [-0.4, -0.2) is 77.3 Å². The van der Waals surface area contributed by atoms with Crippen LogP contribution in [0.2, 0.25) is 5.02 Å². The fraction of sp³-hybridized carbons (Fsp3) is 0.424. The minimum atomic E-state index is -4.62. The Morgan fingerprint density at radius 1 is 1.20 bits per heavy atom. The Hall–Kier alpha value is -4.87.